The highest BCUT2D eigenvalue weighted by atomic mass is 79.9. The minimum absolute atomic E-state index is 0.246. The zero-order valence-corrected chi connectivity index (χ0v) is 15.3. The van der Waals surface area contributed by atoms with Crippen LogP contribution in [0.5, 0.6) is 0 Å². The maximum Gasteiger partial charge on any atom is 0.416 e. The van der Waals surface area contributed by atoms with E-state index in [1.54, 1.807) is 42.5 Å². The maximum atomic E-state index is 13.2. The van der Waals surface area contributed by atoms with Gasteiger partial charge in [-0.25, -0.2) is 0 Å². The molecule has 0 amide bonds. The number of rotatable bonds is 2. The Morgan fingerprint density at radius 3 is 2.41 bits per heavy atom. The van der Waals surface area contributed by atoms with E-state index >= 15 is 0 Å². The molecule has 0 aliphatic carbocycles. The zero-order chi connectivity index (χ0) is 19.2. The molecule has 2 nitrogen and oxygen atoms in total. The van der Waals surface area contributed by atoms with Crippen LogP contribution in [-0.2, 0) is 6.18 Å². The van der Waals surface area contributed by atoms with Crippen LogP contribution in [0.15, 0.2) is 71.3 Å². The van der Waals surface area contributed by atoms with Gasteiger partial charge in [-0.3, -0.25) is 9.78 Å². The Bertz CT molecular complexity index is 1190. The number of benzene rings is 3. The van der Waals surface area contributed by atoms with E-state index in [9.17, 15) is 18.0 Å². The van der Waals surface area contributed by atoms with Gasteiger partial charge in [-0.15, -0.1) is 0 Å². The van der Waals surface area contributed by atoms with Gasteiger partial charge in [-0.1, -0.05) is 34.1 Å². The van der Waals surface area contributed by atoms with Crippen molar-refractivity contribution in [3.63, 3.8) is 0 Å². The predicted molar refractivity (Wildman–Crippen MR) is 102 cm³/mol. The largest absolute Gasteiger partial charge is 0.416 e. The van der Waals surface area contributed by atoms with Crippen LogP contribution in [0.25, 0.3) is 21.5 Å². The molecule has 0 saturated carbocycles. The quantitative estimate of drug-likeness (QED) is 0.272. The van der Waals surface area contributed by atoms with Gasteiger partial charge in [0, 0.05) is 16.2 Å². The summed E-state index contributed by atoms with van der Waals surface area (Å²) < 4.78 is 40.4. The second-order valence-electron chi connectivity index (χ2n) is 6.09. The fourth-order valence-electron chi connectivity index (χ4n) is 3.12. The summed E-state index contributed by atoms with van der Waals surface area (Å²) in [4.78, 5) is 17.0. The Morgan fingerprint density at radius 2 is 1.70 bits per heavy atom. The summed E-state index contributed by atoms with van der Waals surface area (Å²) in [6.07, 6.45) is -2.96. The van der Waals surface area contributed by atoms with Gasteiger partial charge in [0.2, 0.25) is 5.78 Å². The SMILES string of the molecule is O=C(c1ccccn1)c1cc2ccc(Br)cc2c2cc(C(F)(F)F)ccc12. The normalized spacial score (nSPS) is 11.9. The van der Waals surface area contributed by atoms with E-state index in [2.05, 4.69) is 20.9 Å². The molecule has 1 heterocycles. The Balaban J connectivity index is 2.07. The monoisotopic (exact) mass is 429 g/mol. The number of alkyl halides is 3. The molecule has 4 aromatic rings. The van der Waals surface area contributed by atoms with Crippen molar-refractivity contribution in [1.82, 2.24) is 4.98 Å². The van der Waals surface area contributed by atoms with Crippen LogP contribution < -0.4 is 0 Å². The summed E-state index contributed by atoms with van der Waals surface area (Å²) in [6.45, 7) is 0. The number of aromatic nitrogens is 1. The third kappa shape index (κ3) is 3.21. The number of fused-ring (bicyclic) bond motifs is 3. The molecule has 0 aliphatic heterocycles. The highest BCUT2D eigenvalue weighted by Gasteiger charge is 2.31. The van der Waals surface area contributed by atoms with Crippen molar-refractivity contribution in [2.45, 2.75) is 6.18 Å². The molecule has 1 aromatic heterocycles. The number of hydrogen-bond acceptors (Lipinski definition) is 2. The van der Waals surface area contributed by atoms with Crippen LogP contribution in [0.1, 0.15) is 21.6 Å². The summed E-state index contributed by atoms with van der Waals surface area (Å²) in [5, 5.41) is 2.17. The van der Waals surface area contributed by atoms with Gasteiger partial charge in [0.25, 0.3) is 0 Å². The molecule has 6 heteroatoms. The van der Waals surface area contributed by atoms with Crippen molar-refractivity contribution in [1.29, 1.82) is 0 Å². The lowest BCUT2D eigenvalue weighted by atomic mass is 9.93. The van der Waals surface area contributed by atoms with Crippen LogP contribution in [0.2, 0.25) is 0 Å². The molecule has 0 atom stereocenters. The molecule has 0 spiro atoms. The van der Waals surface area contributed by atoms with Gasteiger partial charge in [-0.2, -0.15) is 13.2 Å². The molecule has 0 saturated heterocycles. The van der Waals surface area contributed by atoms with Gasteiger partial charge < -0.3 is 0 Å². The fraction of sp³-hybridized carbons (Fsp3) is 0.0476. The first kappa shape index (κ1) is 17.7. The third-order valence-electron chi connectivity index (χ3n) is 4.38. The first-order valence-electron chi connectivity index (χ1n) is 8.03. The van der Waals surface area contributed by atoms with Crippen molar-refractivity contribution in [2.24, 2.45) is 0 Å². The standard InChI is InChI=1S/C21H11BrF3NO/c22-14-6-4-12-9-18(20(27)19-3-1-2-8-26-19)15-7-5-13(21(23,24)25)10-17(15)16(12)11-14/h1-11H. The van der Waals surface area contributed by atoms with Crippen LogP contribution >= 0.6 is 15.9 Å². The second-order valence-corrected chi connectivity index (χ2v) is 7.01. The van der Waals surface area contributed by atoms with Crippen molar-refractivity contribution >= 4 is 43.3 Å². The summed E-state index contributed by atoms with van der Waals surface area (Å²) in [7, 11) is 0. The van der Waals surface area contributed by atoms with Crippen molar-refractivity contribution < 1.29 is 18.0 Å². The molecule has 0 fully saturated rings. The summed E-state index contributed by atoms with van der Waals surface area (Å²) in [5.74, 6) is -0.329. The van der Waals surface area contributed by atoms with E-state index < -0.39 is 11.7 Å². The third-order valence-corrected chi connectivity index (χ3v) is 4.88. The van der Waals surface area contributed by atoms with Gasteiger partial charge in [0.15, 0.2) is 0 Å². The van der Waals surface area contributed by atoms with E-state index in [1.807, 2.05) is 0 Å². The van der Waals surface area contributed by atoms with Gasteiger partial charge in [-0.05, 0) is 64.0 Å². The molecule has 27 heavy (non-hydrogen) atoms. The first-order chi connectivity index (χ1) is 12.8. The van der Waals surface area contributed by atoms with E-state index in [4.69, 9.17) is 0 Å². The lowest BCUT2D eigenvalue weighted by molar-refractivity contribution is -0.137. The highest BCUT2D eigenvalue weighted by molar-refractivity contribution is 9.10. The topological polar surface area (TPSA) is 30.0 Å². The Morgan fingerprint density at radius 1 is 0.889 bits per heavy atom. The average Bonchev–Trinajstić information content (AvgIpc) is 2.66. The number of hydrogen-bond donors (Lipinski definition) is 0. The first-order valence-corrected chi connectivity index (χ1v) is 8.83. The number of ketones is 1. The Kier molecular flexibility index (Phi) is 4.23. The molecule has 3 aromatic carbocycles. The predicted octanol–water partition coefficient (Wildman–Crippen LogP) is 6.40. The van der Waals surface area contributed by atoms with E-state index in [0.717, 1.165) is 16.6 Å². The van der Waals surface area contributed by atoms with Crippen LogP contribution in [-0.4, -0.2) is 10.8 Å². The van der Waals surface area contributed by atoms with Crippen molar-refractivity contribution in [2.75, 3.05) is 0 Å². The van der Waals surface area contributed by atoms with Crippen LogP contribution in [0, 0.1) is 0 Å². The number of nitrogens with zero attached hydrogens (tertiary/aromatic N) is 1. The lowest BCUT2D eigenvalue weighted by Gasteiger charge is -2.13. The lowest BCUT2D eigenvalue weighted by Crippen LogP contribution is -2.07. The van der Waals surface area contributed by atoms with Crippen LogP contribution in [0.3, 0.4) is 0 Å². The van der Waals surface area contributed by atoms with E-state index in [1.165, 1.54) is 12.3 Å². The number of carbonyl (C=O) groups excluding carboxylic acids is 1. The molecule has 0 bridgehead atoms. The smallest absolute Gasteiger partial charge is 0.287 e. The molecular formula is C21H11BrF3NO. The second kappa shape index (κ2) is 6.46. The minimum Gasteiger partial charge on any atom is -0.287 e. The van der Waals surface area contributed by atoms with Crippen molar-refractivity contribution in [3.8, 4) is 0 Å². The molecule has 0 unspecified atom stereocenters. The highest BCUT2D eigenvalue weighted by Crippen LogP contribution is 2.36. The molecule has 134 valence electrons. The molecule has 0 radical (unpaired) electrons. The van der Waals surface area contributed by atoms with Gasteiger partial charge >= 0.3 is 6.18 Å². The summed E-state index contributed by atoms with van der Waals surface area (Å²) >= 11 is 3.36. The Hall–Kier alpha value is -2.73. The van der Waals surface area contributed by atoms with Gasteiger partial charge in [0.1, 0.15) is 5.69 Å². The maximum absolute atomic E-state index is 13.2. The molecular weight excluding hydrogens is 419 g/mol. The van der Waals surface area contributed by atoms with E-state index in [0.29, 0.717) is 27.1 Å². The Labute approximate surface area is 160 Å². The fourth-order valence-corrected chi connectivity index (χ4v) is 3.48. The van der Waals surface area contributed by atoms with E-state index in [-0.39, 0.29) is 11.5 Å². The average molecular weight is 430 g/mol. The minimum atomic E-state index is -4.46. The van der Waals surface area contributed by atoms with Crippen LogP contribution in [0.4, 0.5) is 13.2 Å². The van der Waals surface area contributed by atoms with Gasteiger partial charge in [0.05, 0.1) is 5.56 Å². The number of halogens is 4. The molecule has 0 N–H and O–H groups in total. The summed E-state index contributed by atoms with van der Waals surface area (Å²) in [5.41, 5.74) is -0.180. The summed E-state index contributed by atoms with van der Waals surface area (Å²) in [6, 6.07) is 15.5. The molecule has 4 rings (SSSR count). The van der Waals surface area contributed by atoms with Crippen molar-refractivity contribution in [3.05, 3.63) is 88.2 Å². The number of pyridine rings is 1. The number of carbonyl (C=O) groups is 1. The molecule has 0 aliphatic rings. The zero-order valence-electron chi connectivity index (χ0n) is 13.7.